The van der Waals surface area contributed by atoms with Gasteiger partial charge >= 0.3 is 0 Å². The molecule has 2 aliphatic rings. The zero-order valence-corrected chi connectivity index (χ0v) is 14.7. The van der Waals surface area contributed by atoms with Crippen LogP contribution in [0.1, 0.15) is 32.1 Å². The van der Waals surface area contributed by atoms with E-state index in [1.54, 1.807) is 23.9 Å². The number of aliphatic imine (C=N–C) groups is 1. The fourth-order valence-corrected chi connectivity index (χ4v) is 4.72. The van der Waals surface area contributed by atoms with E-state index in [1.807, 2.05) is 0 Å². The van der Waals surface area contributed by atoms with Crippen molar-refractivity contribution in [3.63, 3.8) is 0 Å². The molecule has 1 saturated carbocycles. The Labute approximate surface area is 144 Å². The number of rotatable bonds is 1. The maximum atomic E-state index is 6.19. The molecule has 2 nitrogen and oxygen atoms in total. The van der Waals surface area contributed by atoms with E-state index in [2.05, 4.69) is 5.32 Å². The summed E-state index contributed by atoms with van der Waals surface area (Å²) in [6.45, 7) is 0.918. The van der Waals surface area contributed by atoms with Crippen LogP contribution in [0.15, 0.2) is 17.1 Å². The number of benzene rings is 1. The van der Waals surface area contributed by atoms with Crippen LogP contribution in [0, 0.1) is 5.41 Å². The third-order valence-electron chi connectivity index (χ3n) is 4.24. The van der Waals surface area contributed by atoms with Gasteiger partial charge in [-0.05, 0) is 30.4 Å². The standard InChI is InChI=1S/C15H17Cl3N2S/c16-10-6-12(18)13(7-11(10)17)20-14-19-8-15(9-21-14)4-2-1-3-5-15/h6-7H,1-5,8-9H2,(H,19,20). The Kier molecular flexibility index (Phi) is 4.94. The topological polar surface area (TPSA) is 24.4 Å². The van der Waals surface area contributed by atoms with Crippen molar-refractivity contribution in [2.75, 3.05) is 17.6 Å². The molecule has 1 aromatic rings. The van der Waals surface area contributed by atoms with Crippen LogP contribution in [0.25, 0.3) is 0 Å². The molecule has 3 rings (SSSR count). The normalized spacial score (nSPS) is 21.2. The van der Waals surface area contributed by atoms with Crippen LogP contribution in [-0.2, 0) is 0 Å². The largest absolute Gasteiger partial charge is 0.334 e. The second-order valence-electron chi connectivity index (χ2n) is 5.84. The van der Waals surface area contributed by atoms with Crippen molar-refractivity contribution >= 4 is 57.4 Å². The summed E-state index contributed by atoms with van der Waals surface area (Å²) in [5.74, 6) is 1.14. The SMILES string of the molecule is Clc1cc(Cl)c(NC2=NCC3(CCCCC3)CS2)cc1Cl. The molecule has 1 aromatic carbocycles. The monoisotopic (exact) mass is 362 g/mol. The number of amidine groups is 1. The van der Waals surface area contributed by atoms with Crippen LogP contribution in [-0.4, -0.2) is 17.5 Å². The predicted octanol–water partition coefficient (Wildman–Crippen LogP) is 6.11. The van der Waals surface area contributed by atoms with Crippen molar-refractivity contribution in [1.82, 2.24) is 0 Å². The lowest BCUT2D eigenvalue weighted by molar-refractivity contribution is 0.232. The van der Waals surface area contributed by atoms with Gasteiger partial charge in [-0.3, -0.25) is 4.99 Å². The van der Waals surface area contributed by atoms with Crippen molar-refractivity contribution < 1.29 is 0 Å². The van der Waals surface area contributed by atoms with E-state index in [1.165, 1.54) is 32.1 Å². The Morgan fingerprint density at radius 2 is 1.71 bits per heavy atom. The summed E-state index contributed by atoms with van der Waals surface area (Å²) in [4.78, 5) is 4.73. The number of thioether (sulfide) groups is 1. The van der Waals surface area contributed by atoms with Gasteiger partial charge in [0.05, 0.1) is 20.8 Å². The van der Waals surface area contributed by atoms with Gasteiger partial charge in [-0.1, -0.05) is 65.8 Å². The van der Waals surface area contributed by atoms with Crippen molar-refractivity contribution in [3.05, 3.63) is 27.2 Å². The molecule has 21 heavy (non-hydrogen) atoms. The molecule has 114 valence electrons. The van der Waals surface area contributed by atoms with E-state index in [-0.39, 0.29) is 0 Å². The van der Waals surface area contributed by atoms with Crippen molar-refractivity contribution in [3.8, 4) is 0 Å². The highest BCUT2D eigenvalue weighted by atomic mass is 35.5. The number of nitrogens with zero attached hydrogens (tertiary/aromatic N) is 1. The van der Waals surface area contributed by atoms with Crippen LogP contribution >= 0.6 is 46.6 Å². The van der Waals surface area contributed by atoms with E-state index in [0.717, 1.165) is 23.2 Å². The average Bonchev–Trinajstić information content (AvgIpc) is 2.48. The number of anilines is 1. The first-order valence-electron chi connectivity index (χ1n) is 7.17. The van der Waals surface area contributed by atoms with Gasteiger partial charge in [0.1, 0.15) is 0 Å². The molecular formula is C15H17Cl3N2S. The van der Waals surface area contributed by atoms with E-state index in [4.69, 9.17) is 39.8 Å². The quantitative estimate of drug-likeness (QED) is 0.608. The van der Waals surface area contributed by atoms with Gasteiger partial charge in [0.15, 0.2) is 5.17 Å². The van der Waals surface area contributed by atoms with E-state index in [9.17, 15) is 0 Å². The third kappa shape index (κ3) is 3.64. The maximum Gasteiger partial charge on any atom is 0.161 e. The molecular weight excluding hydrogens is 347 g/mol. The summed E-state index contributed by atoms with van der Waals surface area (Å²) in [5, 5.41) is 5.72. The fourth-order valence-electron chi connectivity index (χ4n) is 2.97. The van der Waals surface area contributed by atoms with Gasteiger partial charge < -0.3 is 5.32 Å². The van der Waals surface area contributed by atoms with Crippen molar-refractivity contribution in [1.29, 1.82) is 0 Å². The van der Waals surface area contributed by atoms with E-state index in [0.29, 0.717) is 20.5 Å². The maximum absolute atomic E-state index is 6.19. The lowest BCUT2D eigenvalue weighted by Gasteiger charge is -2.38. The van der Waals surface area contributed by atoms with Crippen molar-refractivity contribution in [2.24, 2.45) is 10.4 Å². The first kappa shape index (κ1) is 15.8. The zero-order chi connectivity index (χ0) is 14.9. The lowest BCUT2D eigenvalue weighted by Crippen LogP contribution is -2.35. The highest BCUT2D eigenvalue weighted by molar-refractivity contribution is 8.14. The number of hydrogen-bond donors (Lipinski definition) is 1. The summed E-state index contributed by atoms with van der Waals surface area (Å²) >= 11 is 20.0. The first-order valence-corrected chi connectivity index (χ1v) is 9.29. The summed E-state index contributed by atoms with van der Waals surface area (Å²) in [6.07, 6.45) is 6.68. The lowest BCUT2D eigenvalue weighted by atomic mass is 9.75. The molecule has 1 fully saturated rings. The van der Waals surface area contributed by atoms with E-state index >= 15 is 0 Å². The zero-order valence-electron chi connectivity index (χ0n) is 11.6. The highest BCUT2D eigenvalue weighted by Gasteiger charge is 2.34. The minimum atomic E-state index is 0.426. The molecule has 0 aromatic heterocycles. The van der Waals surface area contributed by atoms with Crippen LogP contribution in [0.5, 0.6) is 0 Å². The van der Waals surface area contributed by atoms with Crippen molar-refractivity contribution in [2.45, 2.75) is 32.1 Å². The smallest absolute Gasteiger partial charge is 0.161 e. The van der Waals surface area contributed by atoms with Crippen LogP contribution in [0.2, 0.25) is 15.1 Å². The van der Waals surface area contributed by atoms with Crippen LogP contribution in [0.4, 0.5) is 5.69 Å². The number of hydrogen-bond acceptors (Lipinski definition) is 3. The third-order valence-corrected chi connectivity index (χ3v) is 6.54. The van der Waals surface area contributed by atoms with Crippen LogP contribution in [0.3, 0.4) is 0 Å². The van der Waals surface area contributed by atoms with E-state index < -0.39 is 0 Å². The second kappa shape index (κ2) is 6.57. The summed E-state index contributed by atoms with van der Waals surface area (Å²) in [5.41, 5.74) is 1.19. The highest BCUT2D eigenvalue weighted by Crippen LogP contribution is 2.42. The number of nitrogens with one attached hydrogen (secondary N) is 1. The Bertz CT molecular complexity index is 568. The number of halogens is 3. The summed E-state index contributed by atoms with van der Waals surface area (Å²) in [6, 6.07) is 3.41. The predicted molar refractivity (Wildman–Crippen MR) is 95.4 cm³/mol. The molecule has 0 atom stereocenters. The summed E-state index contributed by atoms with van der Waals surface area (Å²) < 4.78 is 0. The van der Waals surface area contributed by atoms with Gasteiger partial charge in [-0.15, -0.1) is 0 Å². The Morgan fingerprint density at radius 1 is 1.00 bits per heavy atom. The minimum absolute atomic E-state index is 0.426. The van der Waals surface area contributed by atoms with Crippen LogP contribution < -0.4 is 5.32 Å². The van der Waals surface area contributed by atoms with Gasteiger partial charge in [0.25, 0.3) is 0 Å². The molecule has 1 heterocycles. The van der Waals surface area contributed by atoms with Gasteiger partial charge in [0, 0.05) is 12.3 Å². The second-order valence-corrected chi connectivity index (χ2v) is 8.03. The van der Waals surface area contributed by atoms with Gasteiger partial charge in [-0.25, -0.2) is 0 Å². The molecule has 1 aliphatic heterocycles. The fraction of sp³-hybridized carbons (Fsp3) is 0.533. The molecule has 1 aliphatic carbocycles. The van der Waals surface area contributed by atoms with Gasteiger partial charge in [-0.2, -0.15) is 0 Å². The molecule has 1 spiro atoms. The molecule has 0 bridgehead atoms. The molecule has 0 saturated heterocycles. The Hall–Kier alpha value is -0.0900. The average molecular weight is 364 g/mol. The molecule has 0 unspecified atom stereocenters. The van der Waals surface area contributed by atoms with Gasteiger partial charge in [0.2, 0.25) is 0 Å². The Morgan fingerprint density at radius 3 is 2.38 bits per heavy atom. The molecule has 0 amide bonds. The molecule has 0 radical (unpaired) electrons. The minimum Gasteiger partial charge on any atom is -0.334 e. The first-order chi connectivity index (χ1) is 10.1. The Balaban J connectivity index is 1.71. The summed E-state index contributed by atoms with van der Waals surface area (Å²) in [7, 11) is 0. The molecule has 1 N–H and O–H groups in total. The molecule has 6 heteroatoms.